The Morgan fingerprint density at radius 2 is 2.00 bits per heavy atom. The predicted octanol–water partition coefficient (Wildman–Crippen LogP) is 4.90. The van der Waals surface area contributed by atoms with E-state index in [0.717, 1.165) is 28.2 Å². The zero-order valence-electron chi connectivity index (χ0n) is 13.9. The van der Waals surface area contributed by atoms with Gasteiger partial charge in [0.1, 0.15) is 10.8 Å². The first-order valence-corrected chi connectivity index (χ1v) is 10.2. The Balaban J connectivity index is 1.46. The highest BCUT2D eigenvalue weighted by Crippen LogP contribution is 2.40. The van der Waals surface area contributed by atoms with Crippen LogP contribution in [-0.2, 0) is 12.3 Å². The van der Waals surface area contributed by atoms with E-state index >= 15 is 0 Å². The molecule has 0 atom stereocenters. The maximum absolute atomic E-state index is 4.78. The summed E-state index contributed by atoms with van der Waals surface area (Å²) in [5, 5.41) is 13.0. The van der Waals surface area contributed by atoms with Crippen molar-refractivity contribution < 1.29 is 0 Å². The molecule has 0 amide bonds. The summed E-state index contributed by atoms with van der Waals surface area (Å²) in [7, 11) is 0. The summed E-state index contributed by atoms with van der Waals surface area (Å²) in [6.07, 6.45) is 2.52. The second-order valence-electron chi connectivity index (χ2n) is 6.16. The van der Waals surface area contributed by atoms with Crippen molar-refractivity contribution >= 4 is 23.1 Å². The summed E-state index contributed by atoms with van der Waals surface area (Å²) in [6.45, 7) is 5.21. The molecule has 124 valence electrons. The molecule has 0 unspecified atom stereocenters. The topological polar surface area (TPSA) is 43.6 Å². The van der Waals surface area contributed by atoms with Crippen LogP contribution in [0.5, 0.6) is 0 Å². The molecule has 1 aromatic carbocycles. The van der Waals surface area contributed by atoms with Gasteiger partial charge in [-0.3, -0.25) is 0 Å². The van der Waals surface area contributed by atoms with Crippen LogP contribution in [0.1, 0.15) is 42.8 Å². The van der Waals surface area contributed by atoms with Crippen LogP contribution < -0.4 is 0 Å². The molecule has 0 radical (unpaired) electrons. The van der Waals surface area contributed by atoms with Gasteiger partial charge in [0, 0.05) is 29.2 Å². The lowest BCUT2D eigenvalue weighted by molar-refractivity contribution is 0.643. The van der Waals surface area contributed by atoms with Crippen LogP contribution in [0.3, 0.4) is 0 Å². The minimum absolute atomic E-state index is 0.638. The summed E-state index contributed by atoms with van der Waals surface area (Å²) in [6, 6.07) is 8.55. The number of aromatic nitrogens is 4. The van der Waals surface area contributed by atoms with Crippen LogP contribution in [0, 0.1) is 6.92 Å². The molecule has 4 rings (SSSR count). The van der Waals surface area contributed by atoms with Crippen LogP contribution >= 0.6 is 23.1 Å². The van der Waals surface area contributed by atoms with E-state index in [1.807, 2.05) is 0 Å². The number of hydrogen-bond acceptors (Lipinski definition) is 5. The summed E-state index contributed by atoms with van der Waals surface area (Å²) < 4.78 is 2.26. The van der Waals surface area contributed by atoms with Gasteiger partial charge in [-0.15, -0.1) is 21.5 Å². The first kappa shape index (κ1) is 15.8. The van der Waals surface area contributed by atoms with Crippen molar-refractivity contribution in [2.24, 2.45) is 0 Å². The molecular weight excluding hydrogens is 336 g/mol. The lowest BCUT2D eigenvalue weighted by Gasteiger charge is -2.05. The molecule has 0 spiro atoms. The zero-order chi connectivity index (χ0) is 16.5. The van der Waals surface area contributed by atoms with E-state index in [-0.39, 0.29) is 0 Å². The van der Waals surface area contributed by atoms with E-state index in [2.05, 4.69) is 58.3 Å². The van der Waals surface area contributed by atoms with Gasteiger partial charge in [0.25, 0.3) is 0 Å². The number of rotatable bonds is 6. The van der Waals surface area contributed by atoms with Gasteiger partial charge in [0.05, 0.1) is 5.69 Å². The van der Waals surface area contributed by atoms with E-state index in [1.54, 1.807) is 23.1 Å². The summed E-state index contributed by atoms with van der Waals surface area (Å²) >= 11 is 3.44. The van der Waals surface area contributed by atoms with Crippen LogP contribution in [0.2, 0.25) is 0 Å². The molecule has 6 heteroatoms. The van der Waals surface area contributed by atoms with Gasteiger partial charge >= 0.3 is 0 Å². The van der Waals surface area contributed by atoms with Gasteiger partial charge in [0.2, 0.25) is 0 Å². The smallest absolute Gasteiger partial charge is 0.191 e. The number of nitrogens with zero attached hydrogens (tertiary/aromatic N) is 4. The molecule has 24 heavy (non-hydrogen) atoms. The maximum atomic E-state index is 4.78. The fourth-order valence-corrected chi connectivity index (χ4v) is 4.52. The van der Waals surface area contributed by atoms with Crippen LogP contribution in [0.25, 0.3) is 10.6 Å². The summed E-state index contributed by atoms with van der Waals surface area (Å²) in [5.41, 5.74) is 3.57. The highest BCUT2D eigenvalue weighted by Gasteiger charge is 2.29. The van der Waals surface area contributed by atoms with E-state index < -0.39 is 0 Å². The van der Waals surface area contributed by atoms with Crippen molar-refractivity contribution in [2.75, 3.05) is 0 Å². The van der Waals surface area contributed by atoms with Gasteiger partial charge in [-0.2, -0.15) is 0 Å². The Bertz CT molecular complexity index is 831. The lowest BCUT2D eigenvalue weighted by Crippen LogP contribution is -2.02. The Kier molecular flexibility index (Phi) is 4.41. The first-order valence-electron chi connectivity index (χ1n) is 8.32. The third-order valence-corrected chi connectivity index (χ3v) is 6.14. The van der Waals surface area contributed by atoms with Gasteiger partial charge in [-0.25, -0.2) is 4.98 Å². The van der Waals surface area contributed by atoms with Crippen LogP contribution in [-0.4, -0.2) is 19.7 Å². The number of benzene rings is 1. The van der Waals surface area contributed by atoms with Crippen molar-refractivity contribution in [3.05, 3.63) is 46.7 Å². The van der Waals surface area contributed by atoms with Crippen molar-refractivity contribution in [3.63, 3.8) is 0 Å². The zero-order valence-corrected chi connectivity index (χ0v) is 15.5. The molecule has 0 bridgehead atoms. The largest absolute Gasteiger partial charge is 0.306 e. The monoisotopic (exact) mass is 356 g/mol. The third kappa shape index (κ3) is 3.26. The molecule has 1 fully saturated rings. The highest BCUT2D eigenvalue weighted by molar-refractivity contribution is 7.98. The van der Waals surface area contributed by atoms with E-state index in [4.69, 9.17) is 4.98 Å². The SMILES string of the molecule is CCn1c(SCc2csc(-c3ccc(C)cc3)n2)nnc1C1CC1. The Labute approximate surface area is 150 Å². The standard InChI is InChI=1S/C18H20N4S2/c1-3-22-16(13-8-9-13)20-21-18(22)24-11-15-10-23-17(19-15)14-6-4-12(2)5-7-14/h4-7,10,13H,3,8-9,11H2,1-2H3. The second kappa shape index (κ2) is 6.69. The highest BCUT2D eigenvalue weighted by atomic mass is 32.2. The summed E-state index contributed by atoms with van der Waals surface area (Å²) in [5.74, 6) is 2.64. The molecule has 4 nitrogen and oxygen atoms in total. The molecule has 3 aromatic rings. The van der Waals surface area contributed by atoms with Crippen molar-refractivity contribution in [1.82, 2.24) is 19.7 Å². The fourth-order valence-electron chi connectivity index (χ4n) is 2.69. The molecule has 2 aromatic heterocycles. The molecule has 0 N–H and O–H groups in total. The van der Waals surface area contributed by atoms with E-state index in [0.29, 0.717) is 5.92 Å². The number of thioether (sulfide) groups is 1. The number of thiazole rings is 1. The molecule has 2 heterocycles. The Morgan fingerprint density at radius 3 is 2.71 bits per heavy atom. The second-order valence-corrected chi connectivity index (χ2v) is 7.96. The molecule has 1 saturated carbocycles. The van der Waals surface area contributed by atoms with Gasteiger partial charge in [-0.1, -0.05) is 41.6 Å². The van der Waals surface area contributed by atoms with Crippen molar-refractivity contribution in [3.8, 4) is 10.6 Å². The minimum atomic E-state index is 0.638. The van der Waals surface area contributed by atoms with Crippen molar-refractivity contribution in [2.45, 2.75) is 50.1 Å². The quantitative estimate of drug-likeness (QED) is 0.589. The minimum Gasteiger partial charge on any atom is -0.306 e. The predicted molar refractivity (Wildman–Crippen MR) is 99.5 cm³/mol. The van der Waals surface area contributed by atoms with Crippen LogP contribution in [0.15, 0.2) is 34.8 Å². The number of hydrogen-bond donors (Lipinski definition) is 0. The average molecular weight is 357 g/mol. The number of aryl methyl sites for hydroxylation is 1. The van der Waals surface area contributed by atoms with E-state index in [1.165, 1.54) is 29.8 Å². The van der Waals surface area contributed by atoms with Gasteiger partial charge < -0.3 is 4.57 Å². The molecule has 1 aliphatic rings. The van der Waals surface area contributed by atoms with Crippen molar-refractivity contribution in [1.29, 1.82) is 0 Å². The lowest BCUT2D eigenvalue weighted by atomic mass is 10.2. The fraction of sp³-hybridized carbons (Fsp3) is 0.389. The Hall–Kier alpha value is -1.66. The van der Waals surface area contributed by atoms with E-state index in [9.17, 15) is 0 Å². The average Bonchev–Trinajstić information content (AvgIpc) is 3.19. The van der Waals surface area contributed by atoms with Gasteiger partial charge in [-0.05, 0) is 26.7 Å². The molecule has 1 aliphatic carbocycles. The molecule has 0 saturated heterocycles. The Morgan fingerprint density at radius 1 is 1.21 bits per heavy atom. The molecule has 0 aliphatic heterocycles. The maximum Gasteiger partial charge on any atom is 0.191 e. The van der Waals surface area contributed by atoms with Crippen LogP contribution in [0.4, 0.5) is 0 Å². The normalized spacial score (nSPS) is 14.2. The summed E-state index contributed by atoms with van der Waals surface area (Å²) in [4.78, 5) is 4.78. The first-order chi connectivity index (χ1) is 11.7. The third-order valence-electron chi connectivity index (χ3n) is 4.20. The molecular formula is C18H20N4S2. The van der Waals surface area contributed by atoms with Gasteiger partial charge in [0.15, 0.2) is 5.16 Å².